The number of carbonyl (C=O) groups is 1. The maximum Gasteiger partial charge on any atom is 0.260 e. The Labute approximate surface area is 158 Å². The van der Waals surface area contributed by atoms with Gasteiger partial charge in [0, 0.05) is 45.3 Å². The molecule has 1 aromatic carbocycles. The fraction of sp³-hybridized carbons (Fsp3) is 0.562. The number of halogens is 3. The van der Waals surface area contributed by atoms with Crippen molar-refractivity contribution in [3.05, 3.63) is 28.2 Å². The van der Waals surface area contributed by atoms with Gasteiger partial charge in [0.25, 0.3) is 5.91 Å². The van der Waals surface area contributed by atoms with E-state index in [0.717, 1.165) is 45.7 Å². The third-order valence-corrected chi connectivity index (χ3v) is 5.04. The number of hydrogen-bond acceptors (Lipinski definition) is 4. The van der Waals surface area contributed by atoms with Gasteiger partial charge < -0.3 is 15.0 Å². The van der Waals surface area contributed by atoms with Crippen LogP contribution in [0.5, 0.6) is 5.75 Å². The van der Waals surface area contributed by atoms with Gasteiger partial charge in [0.2, 0.25) is 0 Å². The van der Waals surface area contributed by atoms with E-state index in [1.807, 2.05) is 4.90 Å². The minimum atomic E-state index is -0.0300. The molecule has 134 valence electrons. The van der Waals surface area contributed by atoms with Crippen LogP contribution in [0.1, 0.15) is 6.42 Å². The molecule has 2 saturated heterocycles. The zero-order valence-corrected chi connectivity index (χ0v) is 15.7. The largest absolute Gasteiger partial charge is 0.481 e. The first-order chi connectivity index (χ1) is 11.1. The maximum atomic E-state index is 12.4. The SMILES string of the molecule is Cl.O=C(COc1c(Cl)cccc1Cl)N1CCC(N2CCNCC2)C1. The molecule has 2 aliphatic rings. The van der Waals surface area contributed by atoms with Crippen LogP contribution in [0.25, 0.3) is 0 Å². The fourth-order valence-electron chi connectivity index (χ4n) is 3.16. The molecule has 1 N–H and O–H groups in total. The van der Waals surface area contributed by atoms with Gasteiger partial charge in [-0.05, 0) is 18.6 Å². The van der Waals surface area contributed by atoms with E-state index in [1.165, 1.54) is 0 Å². The second-order valence-corrected chi connectivity index (χ2v) is 6.72. The molecule has 1 aromatic rings. The van der Waals surface area contributed by atoms with Crippen LogP contribution in [0, 0.1) is 0 Å². The summed E-state index contributed by atoms with van der Waals surface area (Å²) in [6, 6.07) is 5.61. The molecule has 2 aliphatic heterocycles. The maximum absolute atomic E-state index is 12.4. The third kappa shape index (κ3) is 4.67. The Balaban J connectivity index is 0.00000208. The van der Waals surface area contributed by atoms with E-state index in [0.29, 0.717) is 21.8 Å². The number of rotatable bonds is 4. The molecule has 1 unspecified atom stereocenters. The summed E-state index contributed by atoms with van der Waals surface area (Å²) in [5.74, 6) is 0.362. The summed E-state index contributed by atoms with van der Waals surface area (Å²) in [4.78, 5) is 16.7. The molecule has 0 bridgehead atoms. The molecule has 1 atom stereocenters. The highest BCUT2D eigenvalue weighted by atomic mass is 35.5. The number of benzene rings is 1. The Morgan fingerprint density at radius 2 is 1.88 bits per heavy atom. The monoisotopic (exact) mass is 393 g/mol. The van der Waals surface area contributed by atoms with E-state index in [4.69, 9.17) is 27.9 Å². The van der Waals surface area contributed by atoms with Crippen LogP contribution in [0.4, 0.5) is 0 Å². The van der Waals surface area contributed by atoms with E-state index >= 15 is 0 Å². The van der Waals surface area contributed by atoms with Crippen molar-refractivity contribution in [1.29, 1.82) is 0 Å². The van der Waals surface area contributed by atoms with Crippen molar-refractivity contribution >= 4 is 41.5 Å². The van der Waals surface area contributed by atoms with Gasteiger partial charge in [-0.1, -0.05) is 29.3 Å². The number of carbonyl (C=O) groups excluding carboxylic acids is 1. The zero-order chi connectivity index (χ0) is 16.2. The van der Waals surface area contributed by atoms with Crippen LogP contribution in [-0.2, 0) is 4.79 Å². The number of piperazine rings is 1. The van der Waals surface area contributed by atoms with Crippen molar-refractivity contribution < 1.29 is 9.53 Å². The second kappa shape index (κ2) is 9.11. The molecule has 2 fully saturated rings. The average Bonchev–Trinajstić information content (AvgIpc) is 3.05. The first-order valence-corrected chi connectivity index (χ1v) is 8.70. The molecule has 5 nitrogen and oxygen atoms in total. The number of hydrogen-bond donors (Lipinski definition) is 1. The highest BCUT2D eigenvalue weighted by Gasteiger charge is 2.31. The van der Waals surface area contributed by atoms with Gasteiger partial charge in [0.05, 0.1) is 10.0 Å². The smallest absolute Gasteiger partial charge is 0.260 e. The quantitative estimate of drug-likeness (QED) is 0.851. The lowest BCUT2D eigenvalue weighted by Crippen LogP contribution is -2.49. The van der Waals surface area contributed by atoms with E-state index in [2.05, 4.69) is 10.2 Å². The van der Waals surface area contributed by atoms with E-state index in [1.54, 1.807) is 18.2 Å². The summed E-state index contributed by atoms with van der Waals surface area (Å²) in [5.41, 5.74) is 0. The normalized spacial score (nSPS) is 21.4. The number of amides is 1. The van der Waals surface area contributed by atoms with Gasteiger partial charge in [-0.3, -0.25) is 9.69 Å². The van der Waals surface area contributed by atoms with Crippen molar-refractivity contribution in [2.75, 3.05) is 45.9 Å². The summed E-state index contributed by atoms with van der Waals surface area (Å²) in [5, 5.41) is 4.20. The first-order valence-electron chi connectivity index (χ1n) is 7.94. The van der Waals surface area contributed by atoms with Crippen LogP contribution in [0.3, 0.4) is 0 Å². The minimum absolute atomic E-state index is 0. The molecule has 0 aliphatic carbocycles. The molecule has 2 heterocycles. The van der Waals surface area contributed by atoms with Gasteiger partial charge >= 0.3 is 0 Å². The van der Waals surface area contributed by atoms with Gasteiger partial charge in [0.15, 0.2) is 12.4 Å². The number of ether oxygens (including phenoxy) is 1. The van der Waals surface area contributed by atoms with Gasteiger partial charge in [-0.25, -0.2) is 0 Å². The summed E-state index contributed by atoms with van der Waals surface area (Å²) < 4.78 is 5.54. The number of para-hydroxylation sites is 1. The standard InChI is InChI=1S/C16H21Cl2N3O2.ClH/c17-13-2-1-3-14(18)16(13)23-11-15(22)21-7-4-12(10-21)20-8-5-19-6-9-20;/h1-3,12,19H,4-11H2;1H. The number of nitrogens with one attached hydrogen (secondary N) is 1. The first kappa shape index (κ1) is 19.6. The third-order valence-electron chi connectivity index (χ3n) is 4.44. The molecule has 0 radical (unpaired) electrons. The fourth-order valence-corrected chi connectivity index (χ4v) is 3.67. The van der Waals surface area contributed by atoms with Crippen molar-refractivity contribution in [1.82, 2.24) is 15.1 Å². The van der Waals surface area contributed by atoms with Crippen LogP contribution >= 0.6 is 35.6 Å². The van der Waals surface area contributed by atoms with Crippen LogP contribution in [0.15, 0.2) is 18.2 Å². The highest BCUT2D eigenvalue weighted by Crippen LogP contribution is 2.32. The topological polar surface area (TPSA) is 44.8 Å². The lowest BCUT2D eigenvalue weighted by Gasteiger charge is -2.32. The Hall–Kier alpha value is -0.720. The lowest BCUT2D eigenvalue weighted by molar-refractivity contribution is -0.132. The number of likely N-dealkylation sites (tertiary alicyclic amines) is 1. The van der Waals surface area contributed by atoms with Gasteiger partial charge in [-0.15, -0.1) is 12.4 Å². The van der Waals surface area contributed by atoms with E-state index < -0.39 is 0 Å². The Morgan fingerprint density at radius 3 is 2.54 bits per heavy atom. The summed E-state index contributed by atoms with van der Waals surface area (Å²) in [6.07, 6.45) is 1.03. The molecular weight excluding hydrogens is 373 g/mol. The van der Waals surface area contributed by atoms with Crippen LogP contribution in [0.2, 0.25) is 10.0 Å². The van der Waals surface area contributed by atoms with Crippen molar-refractivity contribution in [3.8, 4) is 5.75 Å². The Kier molecular flexibility index (Phi) is 7.44. The van der Waals surface area contributed by atoms with E-state index in [-0.39, 0.29) is 24.9 Å². The van der Waals surface area contributed by atoms with Crippen molar-refractivity contribution in [2.45, 2.75) is 12.5 Å². The molecule has 0 saturated carbocycles. The van der Waals surface area contributed by atoms with Gasteiger partial charge in [0.1, 0.15) is 0 Å². The predicted octanol–water partition coefficient (Wildman–Crippen LogP) is 2.30. The molecule has 24 heavy (non-hydrogen) atoms. The highest BCUT2D eigenvalue weighted by molar-refractivity contribution is 6.37. The summed E-state index contributed by atoms with van der Waals surface area (Å²) in [6.45, 7) is 5.69. The van der Waals surface area contributed by atoms with Crippen LogP contribution in [-0.4, -0.2) is 67.6 Å². The van der Waals surface area contributed by atoms with Crippen molar-refractivity contribution in [2.24, 2.45) is 0 Å². The number of nitrogens with zero attached hydrogens (tertiary/aromatic N) is 2. The zero-order valence-electron chi connectivity index (χ0n) is 13.3. The van der Waals surface area contributed by atoms with Crippen LogP contribution < -0.4 is 10.1 Å². The minimum Gasteiger partial charge on any atom is -0.481 e. The molecule has 0 spiro atoms. The second-order valence-electron chi connectivity index (χ2n) is 5.91. The lowest BCUT2D eigenvalue weighted by atomic mass is 10.2. The van der Waals surface area contributed by atoms with Crippen molar-refractivity contribution in [3.63, 3.8) is 0 Å². The molecular formula is C16H22Cl3N3O2. The predicted molar refractivity (Wildman–Crippen MR) is 98.6 cm³/mol. The summed E-state index contributed by atoms with van der Waals surface area (Å²) in [7, 11) is 0. The Bertz CT molecular complexity index is 547. The molecule has 3 rings (SSSR count). The molecule has 1 amide bonds. The molecule has 0 aromatic heterocycles. The average molecular weight is 395 g/mol. The summed E-state index contributed by atoms with van der Waals surface area (Å²) >= 11 is 12.1. The van der Waals surface area contributed by atoms with E-state index in [9.17, 15) is 4.79 Å². The Morgan fingerprint density at radius 1 is 1.21 bits per heavy atom. The van der Waals surface area contributed by atoms with Gasteiger partial charge in [-0.2, -0.15) is 0 Å². The molecule has 8 heteroatoms.